The van der Waals surface area contributed by atoms with E-state index in [4.69, 9.17) is 0 Å². The van der Waals surface area contributed by atoms with Gasteiger partial charge in [0.25, 0.3) is 0 Å². The lowest BCUT2D eigenvalue weighted by molar-refractivity contribution is -0.114. The lowest BCUT2D eigenvalue weighted by Gasteiger charge is -2.09. The number of aliphatic hydroxyl groups is 1. The first-order chi connectivity index (χ1) is 5.46. The number of carbonyl (C=O) groups excluding carboxylic acids is 1. The molecule has 0 heterocycles. The normalized spacial score (nSPS) is 36.6. The van der Waals surface area contributed by atoms with Gasteiger partial charge in [-0.15, -0.1) is 0 Å². The summed E-state index contributed by atoms with van der Waals surface area (Å²) >= 11 is 0. The highest BCUT2D eigenvalue weighted by atomic mass is 16.3. The van der Waals surface area contributed by atoms with Crippen LogP contribution in [0.25, 0.3) is 0 Å². The Bertz CT molecular complexity index is 286. The third kappa shape index (κ3) is 0.728. The Kier molecular flexibility index (Phi) is 1.26. The van der Waals surface area contributed by atoms with Gasteiger partial charge in [-0.1, -0.05) is 13.8 Å². The molecule has 0 unspecified atom stereocenters. The van der Waals surface area contributed by atoms with Crippen LogP contribution in [0.1, 0.15) is 27.2 Å². The first-order valence-corrected chi connectivity index (χ1v) is 4.39. The van der Waals surface area contributed by atoms with Gasteiger partial charge < -0.3 is 5.11 Å². The van der Waals surface area contributed by atoms with Gasteiger partial charge in [0, 0.05) is 12.0 Å². The Hall–Kier alpha value is -0.790. The highest BCUT2D eigenvalue weighted by Gasteiger charge is 2.64. The van der Waals surface area contributed by atoms with Crippen LogP contribution >= 0.6 is 0 Å². The van der Waals surface area contributed by atoms with E-state index >= 15 is 0 Å². The van der Waals surface area contributed by atoms with E-state index in [0.717, 1.165) is 0 Å². The van der Waals surface area contributed by atoms with Crippen molar-refractivity contribution in [3.63, 3.8) is 0 Å². The maximum atomic E-state index is 11.2. The Morgan fingerprint density at radius 1 is 1.58 bits per heavy atom. The molecule has 1 saturated carbocycles. The van der Waals surface area contributed by atoms with E-state index in [1.165, 1.54) is 0 Å². The van der Waals surface area contributed by atoms with Gasteiger partial charge in [-0.2, -0.15) is 0 Å². The SMILES string of the molecule is CC(=O)C1=C(O)C[C@@H]2[C@H]1C2(C)C. The molecular formula is C10H14O2. The van der Waals surface area contributed by atoms with E-state index in [0.29, 0.717) is 29.6 Å². The number of hydrogen-bond acceptors (Lipinski definition) is 2. The fourth-order valence-corrected chi connectivity index (χ4v) is 2.62. The number of aliphatic hydroxyl groups excluding tert-OH is 1. The van der Waals surface area contributed by atoms with Crippen LogP contribution in [0.4, 0.5) is 0 Å². The van der Waals surface area contributed by atoms with Crippen molar-refractivity contribution in [2.24, 2.45) is 17.3 Å². The lowest BCUT2D eigenvalue weighted by atomic mass is 9.97. The minimum absolute atomic E-state index is 0.0468. The summed E-state index contributed by atoms with van der Waals surface area (Å²) in [4.78, 5) is 11.2. The Labute approximate surface area is 72.3 Å². The molecule has 0 spiro atoms. The molecule has 2 rings (SSSR count). The van der Waals surface area contributed by atoms with Crippen LogP contribution in [-0.2, 0) is 4.79 Å². The summed E-state index contributed by atoms with van der Waals surface area (Å²) in [6.45, 7) is 5.87. The van der Waals surface area contributed by atoms with E-state index in [1.807, 2.05) is 0 Å². The van der Waals surface area contributed by atoms with Crippen molar-refractivity contribution in [2.45, 2.75) is 27.2 Å². The summed E-state index contributed by atoms with van der Waals surface area (Å²) in [5.41, 5.74) is 0.956. The zero-order valence-electron chi connectivity index (χ0n) is 7.72. The molecular weight excluding hydrogens is 152 g/mol. The van der Waals surface area contributed by atoms with Crippen LogP contribution in [0, 0.1) is 17.3 Å². The Morgan fingerprint density at radius 2 is 2.17 bits per heavy atom. The zero-order valence-corrected chi connectivity index (χ0v) is 7.72. The number of ketones is 1. The highest BCUT2D eigenvalue weighted by molar-refractivity contribution is 5.96. The minimum atomic E-state index is 0.0468. The summed E-state index contributed by atoms with van der Waals surface area (Å²) in [7, 11) is 0. The average Bonchev–Trinajstić information content (AvgIpc) is 2.40. The second-order valence-electron chi connectivity index (χ2n) is 4.53. The fourth-order valence-electron chi connectivity index (χ4n) is 2.62. The number of allylic oxidation sites excluding steroid dienone is 2. The van der Waals surface area contributed by atoms with E-state index in [-0.39, 0.29) is 11.2 Å². The molecule has 0 saturated heterocycles. The summed E-state index contributed by atoms with van der Waals surface area (Å²) in [5.74, 6) is 1.26. The van der Waals surface area contributed by atoms with Gasteiger partial charge in [0.2, 0.25) is 0 Å². The van der Waals surface area contributed by atoms with Crippen molar-refractivity contribution in [2.75, 3.05) is 0 Å². The molecule has 0 radical (unpaired) electrons. The summed E-state index contributed by atoms with van der Waals surface area (Å²) < 4.78 is 0. The summed E-state index contributed by atoms with van der Waals surface area (Å²) in [5, 5.41) is 9.45. The third-order valence-electron chi connectivity index (χ3n) is 3.46. The first-order valence-electron chi connectivity index (χ1n) is 4.39. The first kappa shape index (κ1) is 7.84. The fraction of sp³-hybridized carbons (Fsp3) is 0.700. The summed E-state index contributed by atoms with van der Waals surface area (Å²) in [6, 6.07) is 0. The maximum Gasteiger partial charge on any atom is 0.159 e. The van der Waals surface area contributed by atoms with Crippen LogP contribution in [0.5, 0.6) is 0 Å². The molecule has 12 heavy (non-hydrogen) atoms. The van der Waals surface area contributed by atoms with Gasteiger partial charge in [0.05, 0.1) is 5.76 Å². The van der Waals surface area contributed by atoms with Gasteiger partial charge in [0.1, 0.15) is 0 Å². The number of hydrogen-bond donors (Lipinski definition) is 1. The van der Waals surface area contributed by atoms with Crippen LogP contribution in [0.3, 0.4) is 0 Å². The highest BCUT2D eigenvalue weighted by Crippen LogP contribution is 2.68. The number of rotatable bonds is 1. The number of Topliss-reactive ketones (excluding diaryl/α,β-unsaturated/α-hetero) is 1. The molecule has 2 atom stereocenters. The monoisotopic (exact) mass is 166 g/mol. The van der Waals surface area contributed by atoms with Crippen molar-refractivity contribution in [1.82, 2.24) is 0 Å². The van der Waals surface area contributed by atoms with Crippen molar-refractivity contribution < 1.29 is 9.90 Å². The molecule has 2 heteroatoms. The molecule has 0 aromatic rings. The van der Waals surface area contributed by atoms with Crippen molar-refractivity contribution in [1.29, 1.82) is 0 Å². The van der Waals surface area contributed by atoms with Crippen molar-refractivity contribution >= 4 is 5.78 Å². The van der Waals surface area contributed by atoms with Gasteiger partial charge in [0.15, 0.2) is 5.78 Å². The quantitative estimate of drug-likeness (QED) is 0.647. The molecule has 0 aromatic carbocycles. The number of carbonyl (C=O) groups is 1. The van der Waals surface area contributed by atoms with E-state index < -0.39 is 0 Å². The zero-order chi connectivity index (χ0) is 9.09. The molecule has 1 N–H and O–H groups in total. The molecule has 0 amide bonds. The van der Waals surface area contributed by atoms with Crippen LogP contribution in [0.15, 0.2) is 11.3 Å². The minimum Gasteiger partial charge on any atom is -0.512 e. The van der Waals surface area contributed by atoms with Crippen molar-refractivity contribution in [3.8, 4) is 0 Å². The molecule has 2 aliphatic rings. The second-order valence-corrected chi connectivity index (χ2v) is 4.53. The predicted molar refractivity (Wildman–Crippen MR) is 45.7 cm³/mol. The lowest BCUT2D eigenvalue weighted by Crippen LogP contribution is -2.06. The molecule has 0 bridgehead atoms. The molecule has 2 aliphatic carbocycles. The van der Waals surface area contributed by atoms with Gasteiger partial charge in [-0.05, 0) is 24.2 Å². The third-order valence-corrected chi connectivity index (χ3v) is 3.46. The van der Waals surface area contributed by atoms with Gasteiger partial charge in [-0.3, -0.25) is 4.79 Å². The molecule has 0 aromatic heterocycles. The van der Waals surface area contributed by atoms with Crippen molar-refractivity contribution in [3.05, 3.63) is 11.3 Å². The molecule has 66 valence electrons. The largest absolute Gasteiger partial charge is 0.512 e. The van der Waals surface area contributed by atoms with E-state index in [2.05, 4.69) is 13.8 Å². The van der Waals surface area contributed by atoms with E-state index in [1.54, 1.807) is 6.92 Å². The van der Waals surface area contributed by atoms with Crippen LogP contribution in [0.2, 0.25) is 0 Å². The van der Waals surface area contributed by atoms with Crippen LogP contribution in [-0.4, -0.2) is 10.9 Å². The molecule has 2 nitrogen and oxygen atoms in total. The van der Waals surface area contributed by atoms with E-state index in [9.17, 15) is 9.90 Å². The Balaban J connectivity index is 2.33. The van der Waals surface area contributed by atoms with Gasteiger partial charge in [-0.25, -0.2) is 0 Å². The maximum absolute atomic E-state index is 11.2. The second kappa shape index (κ2) is 1.93. The number of fused-ring (bicyclic) bond motifs is 1. The van der Waals surface area contributed by atoms with Gasteiger partial charge >= 0.3 is 0 Å². The predicted octanol–water partition coefficient (Wildman–Crippen LogP) is 2.06. The Morgan fingerprint density at radius 3 is 2.50 bits per heavy atom. The molecule has 1 fully saturated rings. The average molecular weight is 166 g/mol. The van der Waals surface area contributed by atoms with Crippen LogP contribution < -0.4 is 0 Å². The smallest absolute Gasteiger partial charge is 0.159 e. The summed E-state index contributed by atoms with van der Waals surface area (Å²) in [6.07, 6.45) is 0.715. The molecule has 0 aliphatic heterocycles. The standard InChI is InChI=1S/C10H14O2/c1-5(11)8-7(12)4-6-9(8)10(6,2)3/h6,9,12H,4H2,1-3H3/t6-,9-/m1/s1. The topological polar surface area (TPSA) is 37.3 Å².